The molecule has 1 heterocycles. The van der Waals surface area contributed by atoms with Crippen LogP contribution in [0, 0.1) is 0 Å². The van der Waals surface area contributed by atoms with Gasteiger partial charge in [-0.1, -0.05) is 19.1 Å². The quantitative estimate of drug-likeness (QED) is 0.651. The minimum Gasteiger partial charge on any atom is -0.424 e. The van der Waals surface area contributed by atoms with Gasteiger partial charge in [-0.05, 0) is 18.6 Å². The Bertz CT molecular complexity index is 601. The Balaban J connectivity index is 2.43. The third-order valence-electron chi connectivity index (χ3n) is 2.40. The van der Waals surface area contributed by atoms with E-state index >= 15 is 0 Å². The van der Waals surface area contributed by atoms with Crippen molar-refractivity contribution in [2.24, 2.45) is 0 Å². The van der Waals surface area contributed by atoms with Crippen LogP contribution in [-0.4, -0.2) is 11.0 Å². The van der Waals surface area contributed by atoms with Gasteiger partial charge in [-0.25, -0.2) is 0 Å². The Morgan fingerprint density at radius 1 is 1.29 bits per heavy atom. The van der Waals surface area contributed by atoms with Crippen LogP contribution in [-0.2, 0) is 4.79 Å². The van der Waals surface area contributed by atoms with Crippen LogP contribution in [0.5, 0.6) is 5.75 Å². The Morgan fingerprint density at radius 2 is 2.12 bits per heavy atom. The first-order chi connectivity index (χ1) is 8.20. The lowest BCUT2D eigenvalue weighted by molar-refractivity contribution is -0.134. The molecule has 0 atom stereocenters. The summed E-state index contributed by atoms with van der Waals surface area (Å²) in [7, 11) is 0. The van der Waals surface area contributed by atoms with Gasteiger partial charge in [0.15, 0.2) is 5.75 Å². The molecule has 4 nitrogen and oxygen atoms in total. The van der Waals surface area contributed by atoms with E-state index in [-0.39, 0.29) is 11.5 Å². The number of rotatable bonds is 3. The lowest BCUT2D eigenvalue weighted by Crippen LogP contribution is -2.09. The molecule has 0 amide bonds. The Hall–Kier alpha value is -2.10. The van der Waals surface area contributed by atoms with Gasteiger partial charge in [0, 0.05) is 17.9 Å². The first-order valence-corrected chi connectivity index (χ1v) is 5.53. The molecule has 0 aliphatic carbocycles. The minimum absolute atomic E-state index is 0.212. The van der Waals surface area contributed by atoms with E-state index in [0.717, 1.165) is 11.8 Å². The molecular weight excluding hydrogens is 218 g/mol. The van der Waals surface area contributed by atoms with E-state index in [2.05, 4.69) is 4.98 Å². The molecule has 2 rings (SSSR count). The van der Waals surface area contributed by atoms with E-state index in [4.69, 9.17) is 4.74 Å². The van der Waals surface area contributed by atoms with Crippen LogP contribution in [0.15, 0.2) is 35.1 Å². The number of aromatic nitrogens is 1. The third-order valence-corrected chi connectivity index (χ3v) is 2.40. The zero-order chi connectivity index (χ0) is 12.3. The molecule has 1 aromatic carbocycles. The van der Waals surface area contributed by atoms with Crippen LogP contribution < -0.4 is 10.3 Å². The lowest BCUT2D eigenvalue weighted by atomic mass is 10.2. The highest BCUT2D eigenvalue weighted by atomic mass is 16.5. The van der Waals surface area contributed by atoms with Gasteiger partial charge in [0.1, 0.15) is 0 Å². The SMILES string of the molecule is CCCC(=O)Oc1cccc2ccc(=O)[nH]c12. The average Bonchev–Trinajstić information content (AvgIpc) is 2.30. The minimum atomic E-state index is -0.287. The van der Waals surface area contributed by atoms with Crippen LogP contribution in [0.2, 0.25) is 0 Å². The molecule has 0 radical (unpaired) electrons. The van der Waals surface area contributed by atoms with Crippen molar-refractivity contribution >= 4 is 16.9 Å². The van der Waals surface area contributed by atoms with Gasteiger partial charge in [0.2, 0.25) is 5.56 Å². The maximum Gasteiger partial charge on any atom is 0.311 e. The maximum absolute atomic E-state index is 11.4. The number of ether oxygens (including phenoxy) is 1. The second-order valence-electron chi connectivity index (χ2n) is 3.77. The van der Waals surface area contributed by atoms with Crippen molar-refractivity contribution in [1.82, 2.24) is 4.98 Å². The predicted molar refractivity (Wildman–Crippen MR) is 65.1 cm³/mol. The number of pyridine rings is 1. The van der Waals surface area contributed by atoms with E-state index in [9.17, 15) is 9.59 Å². The summed E-state index contributed by atoms with van der Waals surface area (Å²) >= 11 is 0. The molecule has 0 spiro atoms. The van der Waals surface area contributed by atoms with Crippen molar-refractivity contribution in [1.29, 1.82) is 0 Å². The number of H-pyrrole nitrogens is 1. The molecule has 0 saturated carbocycles. The van der Waals surface area contributed by atoms with Gasteiger partial charge in [-0.2, -0.15) is 0 Å². The summed E-state index contributed by atoms with van der Waals surface area (Å²) < 4.78 is 5.21. The molecule has 2 aromatic rings. The van der Waals surface area contributed by atoms with Crippen LogP contribution in [0.25, 0.3) is 10.9 Å². The highest BCUT2D eigenvalue weighted by Gasteiger charge is 2.07. The van der Waals surface area contributed by atoms with Gasteiger partial charge in [-0.3, -0.25) is 9.59 Å². The number of benzene rings is 1. The molecule has 88 valence electrons. The number of hydrogen-bond donors (Lipinski definition) is 1. The molecule has 17 heavy (non-hydrogen) atoms. The van der Waals surface area contributed by atoms with Gasteiger partial charge in [0.25, 0.3) is 0 Å². The smallest absolute Gasteiger partial charge is 0.311 e. The first kappa shape index (κ1) is 11.4. The summed E-state index contributed by atoms with van der Waals surface area (Å²) in [5.74, 6) is 0.114. The van der Waals surface area contributed by atoms with Crippen molar-refractivity contribution in [3.05, 3.63) is 40.7 Å². The summed E-state index contributed by atoms with van der Waals surface area (Å²) in [6.07, 6.45) is 1.10. The predicted octanol–water partition coefficient (Wildman–Crippen LogP) is 2.23. The largest absolute Gasteiger partial charge is 0.424 e. The van der Waals surface area contributed by atoms with Gasteiger partial charge < -0.3 is 9.72 Å². The number of carbonyl (C=O) groups is 1. The van der Waals surface area contributed by atoms with Gasteiger partial charge in [-0.15, -0.1) is 0 Å². The second kappa shape index (κ2) is 4.82. The highest BCUT2D eigenvalue weighted by Crippen LogP contribution is 2.22. The summed E-state index contributed by atoms with van der Waals surface area (Å²) in [4.78, 5) is 25.4. The summed E-state index contributed by atoms with van der Waals surface area (Å²) in [5.41, 5.74) is 0.348. The summed E-state index contributed by atoms with van der Waals surface area (Å²) in [5, 5.41) is 0.839. The maximum atomic E-state index is 11.4. The number of nitrogens with one attached hydrogen (secondary N) is 1. The normalized spacial score (nSPS) is 10.4. The average molecular weight is 231 g/mol. The number of hydrogen-bond acceptors (Lipinski definition) is 3. The number of carbonyl (C=O) groups excluding carboxylic acids is 1. The van der Waals surface area contributed by atoms with E-state index in [1.54, 1.807) is 18.2 Å². The van der Waals surface area contributed by atoms with Crippen LogP contribution in [0.4, 0.5) is 0 Å². The second-order valence-corrected chi connectivity index (χ2v) is 3.77. The topological polar surface area (TPSA) is 59.2 Å². The van der Waals surface area contributed by atoms with Crippen molar-refractivity contribution < 1.29 is 9.53 Å². The zero-order valence-electron chi connectivity index (χ0n) is 9.53. The molecule has 0 saturated heterocycles. The number of fused-ring (bicyclic) bond motifs is 1. The monoisotopic (exact) mass is 231 g/mol. The highest BCUT2D eigenvalue weighted by molar-refractivity contribution is 5.86. The Kier molecular flexibility index (Phi) is 3.23. The number of esters is 1. The molecule has 0 unspecified atom stereocenters. The van der Waals surface area contributed by atoms with E-state index < -0.39 is 0 Å². The molecule has 1 aromatic heterocycles. The molecular formula is C13H13NO3. The van der Waals surface area contributed by atoms with Crippen molar-refractivity contribution in [2.75, 3.05) is 0 Å². The Labute approximate surface area is 98.2 Å². The first-order valence-electron chi connectivity index (χ1n) is 5.53. The molecule has 0 bridgehead atoms. The third kappa shape index (κ3) is 2.53. The zero-order valence-corrected chi connectivity index (χ0v) is 9.53. The lowest BCUT2D eigenvalue weighted by Gasteiger charge is -2.06. The van der Waals surface area contributed by atoms with E-state index in [1.165, 1.54) is 6.07 Å². The van der Waals surface area contributed by atoms with Crippen LogP contribution in [0.1, 0.15) is 19.8 Å². The van der Waals surface area contributed by atoms with Gasteiger partial charge in [0.05, 0.1) is 5.52 Å². The van der Waals surface area contributed by atoms with E-state index in [1.807, 2.05) is 13.0 Å². The van der Waals surface area contributed by atoms with Crippen molar-refractivity contribution in [3.63, 3.8) is 0 Å². The van der Waals surface area contributed by atoms with E-state index in [0.29, 0.717) is 17.7 Å². The fourth-order valence-electron chi connectivity index (χ4n) is 1.61. The standard InChI is InChI=1S/C13H13NO3/c1-2-4-12(16)17-10-6-3-5-9-7-8-11(15)14-13(9)10/h3,5-8H,2,4H2,1H3,(H,14,15). The fourth-order valence-corrected chi connectivity index (χ4v) is 1.61. The van der Waals surface area contributed by atoms with Crippen LogP contribution >= 0.6 is 0 Å². The van der Waals surface area contributed by atoms with Gasteiger partial charge >= 0.3 is 5.97 Å². The van der Waals surface area contributed by atoms with Crippen LogP contribution in [0.3, 0.4) is 0 Å². The molecule has 0 fully saturated rings. The number of para-hydroxylation sites is 1. The Morgan fingerprint density at radius 3 is 2.88 bits per heavy atom. The van der Waals surface area contributed by atoms with Crippen molar-refractivity contribution in [3.8, 4) is 5.75 Å². The fraction of sp³-hybridized carbons (Fsp3) is 0.231. The molecule has 1 N–H and O–H groups in total. The molecule has 0 aliphatic rings. The van der Waals surface area contributed by atoms with Crippen molar-refractivity contribution in [2.45, 2.75) is 19.8 Å². The summed E-state index contributed by atoms with van der Waals surface area (Å²) in [6.45, 7) is 1.91. The summed E-state index contributed by atoms with van der Waals surface area (Å²) in [6, 6.07) is 8.45. The molecule has 4 heteroatoms. The number of aromatic amines is 1. The molecule has 0 aliphatic heterocycles.